The first-order chi connectivity index (χ1) is 5.64. The summed E-state index contributed by atoms with van der Waals surface area (Å²) >= 11 is 0. The van der Waals surface area contributed by atoms with Gasteiger partial charge in [-0.25, -0.2) is 0 Å². The predicted octanol–water partition coefficient (Wildman–Crippen LogP) is 1.98. The van der Waals surface area contributed by atoms with E-state index in [2.05, 4.69) is 38.1 Å². The van der Waals surface area contributed by atoms with Gasteiger partial charge in [0.05, 0.1) is 0 Å². The van der Waals surface area contributed by atoms with Crippen molar-refractivity contribution < 1.29 is 0 Å². The van der Waals surface area contributed by atoms with Crippen LogP contribution in [0.3, 0.4) is 0 Å². The fourth-order valence-corrected chi connectivity index (χ4v) is 1.92. The van der Waals surface area contributed by atoms with Crippen molar-refractivity contribution in [3.8, 4) is 0 Å². The van der Waals surface area contributed by atoms with Crippen LogP contribution >= 0.6 is 0 Å². The minimum absolute atomic E-state index is 0.269. The summed E-state index contributed by atoms with van der Waals surface area (Å²) in [5.41, 5.74) is 8.97. The summed E-state index contributed by atoms with van der Waals surface area (Å²) in [4.78, 5) is 0. The summed E-state index contributed by atoms with van der Waals surface area (Å²) in [5, 5.41) is 0. The topological polar surface area (TPSA) is 26.0 Å². The molecule has 0 unspecified atom stereocenters. The van der Waals surface area contributed by atoms with Gasteiger partial charge in [0.25, 0.3) is 0 Å². The number of hydrogen-bond donors (Lipinski definition) is 1. The zero-order valence-corrected chi connectivity index (χ0v) is 7.67. The Balaban J connectivity index is 2.41. The Labute approximate surface area is 73.6 Å². The summed E-state index contributed by atoms with van der Waals surface area (Å²) in [7, 11) is 0. The van der Waals surface area contributed by atoms with Crippen LogP contribution in [0.2, 0.25) is 0 Å². The van der Waals surface area contributed by atoms with Gasteiger partial charge in [-0.15, -0.1) is 0 Å². The summed E-state index contributed by atoms with van der Waals surface area (Å²) < 4.78 is 0. The number of benzene rings is 1. The van der Waals surface area contributed by atoms with Gasteiger partial charge in [0.1, 0.15) is 0 Å². The molecule has 1 fully saturated rings. The molecule has 1 nitrogen and oxygen atoms in total. The van der Waals surface area contributed by atoms with Gasteiger partial charge in [0.2, 0.25) is 0 Å². The van der Waals surface area contributed by atoms with Gasteiger partial charge in [0, 0.05) is 11.5 Å². The van der Waals surface area contributed by atoms with E-state index in [4.69, 9.17) is 5.73 Å². The second kappa shape index (κ2) is 2.33. The molecule has 2 atom stereocenters. The normalized spacial score (nSPS) is 33.4. The molecule has 64 valence electrons. The predicted molar refractivity (Wildman–Crippen MR) is 51.1 cm³/mol. The Bertz CT molecular complexity index is 306. The Morgan fingerprint density at radius 2 is 2.00 bits per heavy atom. The van der Waals surface area contributed by atoms with Crippen LogP contribution in [0.25, 0.3) is 0 Å². The fraction of sp³-hybridized carbons (Fsp3) is 0.455. The molecule has 0 aromatic heterocycles. The van der Waals surface area contributed by atoms with Gasteiger partial charge in [-0.3, -0.25) is 0 Å². The third-order valence-corrected chi connectivity index (χ3v) is 3.06. The lowest BCUT2D eigenvalue weighted by Crippen LogP contribution is -2.15. The quantitative estimate of drug-likeness (QED) is 0.669. The molecule has 0 heterocycles. The maximum absolute atomic E-state index is 5.90. The smallest absolute Gasteiger partial charge is 0.0143 e. The molecule has 1 aromatic carbocycles. The second-order valence-electron chi connectivity index (χ2n) is 4.04. The van der Waals surface area contributed by atoms with E-state index in [0.29, 0.717) is 6.04 Å². The van der Waals surface area contributed by atoms with Crippen molar-refractivity contribution >= 4 is 0 Å². The van der Waals surface area contributed by atoms with Crippen LogP contribution in [0.15, 0.2) is 24.3 Å². The summed E-state index contributed by atoms with van der Waals surface area (Å²) in [6.07, 6.45) is 1.14. The van der Waals surface area contributed by atoms with Crippen LogP contribution in [0, 0.1) is 6.92 Å². The zero-order valence-electron chi connectivity index (χ0n) is 7.67. The van der Waals surface area contributed by atoms with E-state index in [1.165, 1.54) is 11.1 Å². The molecule has 0 amide bonds. The molecule has 0 saturated heterocycles. The first-order valence-electron chi connectivity index (χ1n) is 4.46. The number of hydrogen-bond acceptors (Lipinski definition) is 1. The van der Waals surface area contributed by atoms with Crippen molar-refractivity contribution in [2.45, 2.75) is 31.7 Å². The highest BCUT2D eigenvalue weighted by atomic mass is 14.8. The SMILES string of the molecule is Cc1ccccc1[C@@]1(C)C[C@H]1N. The van der Waals surface area contributed by atoms with Gasteiger partial charge in [0.15, 0.2) is 0 Å². The van der Waals surface area contributed by atoms with Crippen LogP contribution in [0.5, 0.6) is 0 Å². The van der Waals surface area contributed by atoms with E-state index < -0.39 is 0 Å². The molecule has 0 radical (unpaired) electrons. The number of nitrogens with two attached hydrogens (primary N) is 1. The third kappa shape index (κ3) is 0.969. The second-order valence-corrected chi connectivity index (χ2v) is 4.04. The van der Waals surface area contributed by atoms with E-state index in [0.717, 1.165) is 6.42 Å². The fourth-order valence-electron chi connectivity index (χ4n) is 1.92. The average Bonchev–Trinajstić information content (AvgIpc) is 2.61. The first kappa shape index (κ1) is 7.81. The summed E-state index contributed by atoms with van der Waals surface area (Å²) in [6.45, 7) is 4.41. The van der Waals surface area contributed by atoms with Gasteiger partial charge in [-0.2, -0.15) is 0 Å². The van der Waals surface area contributed by atoms with Crippen molar-refractivity contribution in [2.24, 2.45) is 5.73 Å². The minimum atomic E-state index is 0.269. The molecular formula is C11H15N. The molecule has 1 heteroatoms. The lowest BCUT2D eigenvalue weighted by molar-refractivity contribution is 0.735. The Kier molecular flexibility index (Phi) is 1.52. The lowest BCUT2D eigenvalue weighted by Gasteiger charge is -2.12. The molecule has 0 bridgehead atoms. The van der Waals surface area contributed by atoms with E-state index in [9.17, 15) is 0 Å². The van der Waals surface area contributed by atoms with E-state index in [1.54, 1.807) is 0 Å². The highest BCUT2D eigenvalue weighted by molar-refractivity contribution is 5.40. The van der Waals surface area contributed by atoms with Crippen molar-refractivity contribution in [1.29, 1.82) is 0 Å². The molecule has 1 saturated carbocycles. The standard InChI is InChI=1S/C11H15N/c1-8-5-3-4-6-9(8)11(2)7-10(11)12/h3-6,10H,7,12H2,1-2H3/t10-,11-/m1/s1. The zero-order chi connectivity index (χ0) is 8.77. The molecule has 2 N–H and O–H groups in total. The molecule has 2 rings (SSSR count). The minimum Gasteiger partial charge on any atom is -0.327 e. The van der Waals surface area contributed by atoms with E-state index in [-0.39, 0.29) is 5.41 Å². The maximum atomic E-state index is 5.90. The van der Waals surface area contributed by atoms with Crippen molar-refractivity contribution in [3.05, 3.63) is 35.4 Å². The Hall–Kier alpha value is -0.820. The van der Waals surface area contributed by atoms with E-state index in [1.807, 2.05) is 0 Å². The molecule has 0 spiro atoms. The number of rotatable bonds is 1. The van der Waals surface area contributed by atoms with Crippen LogP contribution < -0.4 is 5.73 Å². The maximum Gasteiger partial charge on any atom is 0.0143 e. The van der Waals surface area contributed by atoms with Crippen molar-refractivity contribution in [3.63, 3.8) is 0 Å². The molecule has 1 aromatic rings. The summed E-state index contributed by atoms with van der Waals surface area (Å²) in [5.74, 6) is 0. The summed E-state index contributed by atoms with van der Waals surface area (Å²) in [6, 6.07) is 8.90. The van der Waals surface area contributed by atoms with Crippen molar-refractivity contribution in [2.75, 3.05) is 0 Å². The van der Waals surface area contributed by atoms with Crippen LogP contribution in [-0.2, 0) is 5.41 Å². The highest BCUT2D eigenvalue weighted by Gasteiger charge is 2.49. The van der Waals surface area contributed by atoms with E-state index >= 15 is 0 Å². The average molecular weight is 161 g/mol. The molecule has 1 aliphatic rings. The van der Waals surface area contributed by atoms with Crippen LogP contribution in [0.4, 0.5) is 0 Å². The monoisotopic (exact) mass is 161 g/mol. The highest BCUT2D eigenvalue weighted by Crippen LogP contribution is 2.47. The molecule has 1 aliphatic carbocycles. The Morgan fingerprint density at radius 3 is 2.50 bits per heavy atom. The lowest BCUT2D eigenvalue weighted by atomic mass is 9.93. The van der Waals surface area contributed by atoms with Gasteiger partial charge < -0.3 is 5.73 Å². The molecule has 0 aliphatic heterocycles. The molecule has 12 heavy (non-hydrogen) atoms. The number of aryl methyl sites for hydroxylation is 1. The third-order valence-electron chi connectivity index (χ3n) is 3.06. The van der Waals surface area contributed by atoms with Crippen LogP contribution in [0.1, 0.15) is 24.5 Å². The largest absolute Gasteiger partial charge is 0.327 e. The van der Waals surface area contributed by atoms with Gasteiger partial charge >= 0.3 is 0 Å². The Morgan fingerprint density at radius 1 is 1.42 bits per heavy atom. The van der Waals surface area contributed by atoms with Gasteiger partial charge in [-0.1, -0.05) is 31.2 Å². The van der Waals surface area contributed by atoms with Gasteiger partial charge in [-0.05, 0) is 24.5 Å². The molecular weight excluding hydrogens is 146 g/mol. The first-order valence-corrected chi connectivity index (χ1v) is 4.46. The van der Waals surface area contributed by atoms with Crippen molar-refractivity contribution in [1.82, 2.24) is 0 Å². The van der Waals surface area contributed by atoms with Crippen LogP contribution in [-0.4, -0.2) is 6.04 Å².